The third kappa shape index (κ3) is 2.82. The zero-order valence-corrected chi connectivity index (χ0v) is 9.60. The number of anilines is 1. The third-order valence-electron chi connectivity index (χ3n) is 3.23. The maximum absolute atomic E-state index is 12.7. The molecule has 1 fully saturated rings. The molecule has 0 unspecified atom stereocenters. The fourth-order valence-corrected chi connectivity index (χ4v) is 2.23. The van der Waals surface area contributed by atoms with Crippen LogP contribution < -0.4 is 5.06 Å². The van der Waals surface area contributed by atoms with Gasteiger partial charge in [-0.25, -0.2) is 4.39 Å². The Hall–Kier alpha value is -1.42. The Morgan fingerprint density at radius 2 is 1.76 bits per heavy atom. The summed E-state index contributed by atoms with van der Waals surface area (Å²) in [6, 6.07) is 5.26. The second-order valence-corrected chi connectivity index (χ2v) is 4.46. The molecule has 0 atom stereocenters. The first kappa shape index (κ1) is 12.0. The Morgan fingerprint density at radius 3 is 2.35 bits per heavy atom. The van der Waals surface area contributed by atoms with Crippen molar-refractivity contribution in [1.82, 2.24) is 0 Å². The van der Waals surface area contributed by atoms with Gasteiger partial charge in [0.05, 0.1) is 5.69 Å². The molecule has 0 aromatic heterocycles. The summed E-state index contributed by atoms with van der Waals surface area (Å²) in [7, 11) is 0. The van der Waals surface area contributed by atoms with Crippen LogP contribution in [0.1, 0.15) is 32.1 Å². The van der Waals surface area contributed by atoms with Gasteiger partial charge in [0.15, 0.2) is 0 Å². The molecule has 17 heavy (non-hydrogen) atoms. The van der Waals surface area contributed by atoms with E-state index >= 15 is 0 Å². The van der Waals surface area contributed by atoms with Crippen molar-refractivity contribution >= 4 is 11.6 Å². The molecule has 1 N–H and O–H groups in total. The van der Waals surface area contributed by atoms with Gasteiger partial charge in [-0.15, -0.1) is 0 Å². The summed E-state index contributed by atoms with van der Waals surface area (Å²) in [5.41, 5.74) is 0.321. The van der Waals surface area contributed by atoms with Gasteiger partial charge in [-0.2, -0.15) is 5.06 Å². The van der Waals surface area contributed by atoms with E-state index in [1.54, 1.807) is 0 Å². The van der Waals surface area contributed by atoms with Gasteiger partial charge in [-0.3, -0.25) is 10.0 Å². The smallest absolute Gasteiger partial charge is 0.253 e. The number of nitrogens with zero attached hydrogens (tertiary/aromatic N) is 1. The van der Waals surface area contributed by atoms with Crippen LogP contribution in [0.15, 0.2) is 24.3 Å². The number of rotatable bonds is 2. The Kier molecular flexibility index (Phi) is 3.74. The maximum atomic E-state index is 12.7. The SMILES string of the molecule is O=C(C1CCCCC1)N(O)c1ccc(F)cc1. The van der Waals surface area contributed by atoms with Gasteiger partial charge in [-0.05, 0) is 37.1 Å². The average molecular weight is 237 g/mol. The topological polar surface area (TPSA) is 40.5 Å². The molecule has 0 heterocycles. The third-order valence-corrected chi connectivity index (χ3v) is 3.23. The van der Waals surface area contributed by atoms with E-state index in [4.69, 9.17) is 0 Å². The molecule has 4 heteroatoms. The van der Waals surface area contributed by atoms with Crippen molar-refractivity contribution in [2.24, 2.45) is 5.92 Å². The standard InChI is InChI=1S/C13H16FNO2/c14-11-6-8-12(9-7-11)15(17)13(16)10-4-2-1-3-5-10/h6-10,17H,1-5H2. The second-order valence-electron chi connectivity index (χ2n) is 4.46. The minimum absolute atomic E-state index is 0.0983. The van der Waals surface area contributed by atoms with Crippen molar-refractivity contribution in [3.8, 4) is 0 Å². The molecular formula is C13H16FNO2. The number of halogens is 1. The molecule has 1 aliphatic carbocycles. The van der Waals surface area contributed by atoms with E-state index in [0.717, 1.165) is 32.1 Å². The van der Waals surface area contributed by atoms with Crippen molar-refractivity contribution < 1.29 is 14.4 Å². The first-order chi connectivity index (χ1) is 8.18. The van der Waals surface area contributed by atoms with E-state index in [2.05, 4.69) is 0 Å². The van der Waals surface area contributed by atoms with Crippen LogP contribution in [0.3, 0.4) is 0 Å². The van der Waals surface area contributed by atoms with Gasteiger partial charge in [0.25, 0.3) is 5.91 Å². The highest BCUT2D eigenvalue weighted by atomic mass is 19.1. The predicted octanol–water partition coefficient (Wildman–Crippen LogP) is 3.13. The van der Waals surface area contributed by atoms with Crippen molar-refractivity contribution in [3.05, 3.63) is 30.1 Å². The van der Waals surface area contributed by atoms with Gasteiger partial charge >= 0.3 is 0 Å². The van der Waals surface area contributed by atoms with Crippen LogP contribution in [-0.4, -0.2) is 11.1 Å². The zero-order chi connectivity index (χ0) is 12.3. The Balaban J connectivity index is 2.05. The molecule has 3 nitrogen and oxygen atoms in total. The monoisotopic (exact) mass is 237 g/mol. The normalized spacial score (nSPS) is 16.8. The van der Waals surface area contributed by atoms with E-state index in [9.17, 15) is 14.4 Å². The van der Waals surface area contributed by atoms with E-state index in [1.807, 2.05) is 0 Å². The Labute approximate surface area is 99.8 Å². The van der Waals surface area contributed by atoms with E-state index < -0.39 is 0 Å². The van der Waals surface area contributed by atoms with Crippen molar-refractivity contribution in [2.75, 3.05) is 5.06 Å². The lowest BCUT2D eigenvalue weighted by Gasteiger charge is -2.24. The van der Waals surface area contributed by atoms with Crippen LogP contribution >= 0.6 is 0 Å². The van der Waals surface area contributed by atoms with E-state index in [0.29, 0.717) is 10.8 Å². The van der Waals surface area contributed by atoms with Crippen LogP contribution in [0, 0.1) is 11.7 Å². The largest absolute Gasteiger partial charge is 0.281 e. The lowest BCUT2D eigenvalue weighted by molar-refractivity contribution is -0.128. The molecule has 1 aromatic carbocycles. The lowest BCUT2D eigenvalue weighted by atomic mass is 9.88. The summed E-state index contributed by atoms with van der Waals surface area (Å²) in [5.74, 6) is -0.762. The van der Waals surface area contributed by atoms with Gasteiger partial charge in [0.2, 0.25) is 0 Å². The van der Waals surface area contributed by atoms with Gasteiger partial charge < -0.3 is 0 Å². The molecule has 1 saturated carbocycles. The summed E-state index contributed by atoms with van der Waals surface area (Å²) < 4.78 is 12.7. The molecule has 0 radical (unpaired) electrons. The second kappa shape index (κ2) is 5.27. The van der Waals surface area contributed by atoms with Crippen molar-refractivity contribution in [2.45, 2.75) is 32.1 Å². The van der Waals surface area contributed by atoms with Gasteiger partial charge in [0, 0.05) is 5.92 Å². The van der Waals surface area contributed by atoms with Crippen LogP contribution in [-0.2, 0) is 4.79 Å². The molecule has 0 aliphatic heterocycles. The van der Waals surface area contributed by atoms with Crippen LogP contribution in [0.4, 0.5) is 10.1 Å². The fraction of sp³-hybridized carbons (Fsp3) is 0.462. The zero-order valence-electron chi connectivity index (χ0n) is 9.60. The highest BCUT2D eigenvalue weighted by molar-refractivity contribution is 5.92. The summed E-state index contributed by atoms with van der Waals surface area (Å²) in [4.78, 5) is 12.0. The first-order valence-electron chi connectivity index (χ1n) is 5.97. The summed E-state index contributed by atoms with van der Waals surface area (Å²) in [6.45, 7) is 0. The summed E-state index contributed by atoms with van der Waals surface area (Å²) in [6.07, 6.45) is 4.89. The molecule has 0 saturated heterocycles. The summed E-state index contributed by atoms with van der Waals surface area (Å²) in [5, 5.41) is 10.4. The highest BCUT2D eigenvalue weighted by Gasteiger charge is 2.26. The molecule has 1 aromatic rings. The Bertz CT molecular complexity index is 385. The van der Waals surface area contributed by atoms with E-state index in [-0.39, 0.29) is 17.6 Å². The highest BCUT2D eigenvalue weighted by Crippen LogP contribution is 2.26. The lowest BCUT2D eigenvalue weighted by Crippen LogP contribution is -2.34. The quantitative estimate of drug-likeness (QED) is 0.634. The number of hydrogen-bond donors (Lipinski definition) is 1. The number of carbonyl (C=O) groups excluding carboxylic acids is 1. The average Bonchev–Trinajstić information content (AvgIpc) is 2.39. The minimum atomic E-state index is -0.382. The molecule has 0 bridgehead atoms. The first-order valence-corrected chi connectivity index (χ1v) is 5.97. The van der Waals surface area contributed by atoms with Crippen LogP contribution in [0.5, 0.6) is 0 Å². The van der Waals surface area contributed by atoms with Gasteiger partial charge in [-0.1, -0.05) is 19.3 Å². The molecule has 92 valence electrons. The van der Waals surface area contributed by atoms with E-state index in [1.165, 1.54) is 24.3 Å². The fourth-order valence-electron chi connectivity index (χ4n) is 2.23. The molecule has 1 amide bonds. The Morgan fingerprint density at radius 1 is 1.18 bits per heavy atom. The van der Waals surface area contributed by atoms with Gasteiger partial charge in [0.1, 0.15) is 5.82 Å². The minimum Gasteiger partial charge on any atom is -0.281 e. The molecule has 2 rings (SSSR count). The number of benzene rings is 1. The molecule has 1 aliphatic rings. The van der Waals surface area contributed by atoms with Crippen LogP contribution in [0.25, 0.3) is 0 Å². The number of hydrogen-bond acceptors (Lipinski definition) is 2. The maximum Gasteiger partial charge on any atom is 0.253 e. The molecule has 0 spiro atoms. The van der Waals surface area contributed by atoms with Crippen LogP contribution in [0.2, 0.25) is 0 Å². The predicted molar refractivity (Wildman–Crippen MR) is 62.2 cm³/mol. The van der Waals surface area contributed by atoms with Crippen molar-refractivity contribution in [3.63, 3.8) is 0 Å². The number of amides is 1. The number of carbonyl (C=O) groups is 1. The number of hydroxylamine groups is 1. The van der Waals surface area contributed by atoms with Crippen molar-refractivity contribution in [1.29, 1.82) is 0 Å². The molecular weight excluding hydrogens is 221 g/mol. The summed E-state index contributed by atoms with van der Waals surface area (Å²) >= 11 is 0.